The topological polar surface area (TPSA) is 61.2 Å². The summed E-state index contributed by atoms with van der Waals surface area (Å²) in [6, 6.07) is 7.72. The molecule has 126 valence electrons. The minimum atomic E-state index is -0.439. The van der Waals surface area contributed by atoms with Gasteiger partial charge in [0.05, 0.1) is 23.4 Å². The first-order valence-electron chi connectivity index (χ1n) is 7.61. The van der Waals surface area contributed by atoms with Crippen LogP contribution in [0.2, 0.25) is 0 Å². The molecule has 1 aromatic carbocycles. The van der Waals surface area contributed by atoms with Crippen molar-refractivity contribution in [3.63, 3.8) is 0 Å². The molecule has 0 N–H and O–H groups in total. The summed E-state index contributed by atoms with van der Waals surface area (Å²) in [5, 5.41) is 0.0914. The lowest BCUT2D eigenvalue weighted by atomic mass is 10.2. The van der Waals surface area contributed by atoms with Crippen LogP contribution in [-0.2, 0) is 16.0 Å². The van der Waals surface area contributed by atoms with Gasteiger partial charge >= 0.3 is 5.97 Å². The van der Waals surface area contributed by atoms with E-state index < -0.39 is 5.25 Å². The predicted molar refractivity (Wildman–Crippen MR) is 96.3 cm³/mol. The van der Waals surface area contributed by atoms with Crippen molar-refractivity contribution < 1.29 is 9.53 Å². The van der Waals surface area contributed by atoms with E-state index in [4.69, 9.17) is 4.74 Å². The highest BCUT2D eigenvalue weighted by atomic mass is 32.2. The number of aryl methyl sites for hydroxylation is 2. The second-order valence-electron chi connectivity index (χ2n) is 5.53. The number of hydrogen-bond donors (Lipinski definition) is 0. The molecule has 5 nitrogen and oxygen atoms in total. The quantitative estimate of drug-likeness (QED) is 0.473. The molecule has 0 spiro atoms. The molecule has 3 rings (SSSR count). The van der Waals surface area contributed by atoms with Crippen LogP contribution in [-0.4, -0.2) is 33.6 Å². The van der Waals surface area contributed by atoms with E-state index in [1.807, 2.05) is 31.2 Å². The first-order valence-corrected chi connectivity index (χ1v) is 9.48. The number of rotatable bonds is 4. The van der Waals surface area contributed by atoms with E-state index in [9.17, 15) is 9.59 Å². The van der Waals surface area contributed by atoms with Crippen molar-refractivity contribution in [1.82, 2.24) is 9.55 Å². The number of aromatic nitrogens is 2. The highest BCUT2D eigenvalue weighted by molar-refractivity contribution is 8.00. The zero-order chi connectivity index (χ0) is 17.3. The summed E-state index contributed by atoms with van der Waals surface area (Å²) in [5.74, 6) is 0.533. The minimum absolute atomic E-state index is 0.0640. The Balaban J connectivity index is 2.12. The molecule has 2 aromatic rings. The van der Waals surface area contributed by atoms with E-state index >= 15 is 0 Å². The van der Waals surface area contributed by atoms with Crippen LogP contribution in [0.5, 0.6) is 0 Å². The third-order valence-corrected chi connectivity index (χ3v) is 5.91. The molecule has 1 aromatic heterocycles. The Labute approximate surface area is 148 Å². The minimum Gasteiger partial charge on any atom is -0.468 e. The van der Waals surface area contributed by atoms with Gasteiger partial charge in [-0.15, -0.1) is 11.8 Å². The maximum atomic E-state index is 13.0. The average molecular weight is 362 g/mol. The molecule has 0 radical (unpaired) electrons. The van der Waals surface area contributed by atoms with Crippen LogP contribution in [0.15, 0.2) is 39.1 Å². The molecular weight excluding hydrogens is 344 g/mol. The van der Waals surface area contributed by atoms with Crippen molar-refractivity contribution in [2.75, 3.05) is 12.9 Å². The number of benzene rings is 1. The van der Waals surface area contributed by atoms with Crippen molar-refractivity contribution in [2.45, 2.75) is 35.6 Å². The van der Waals surface area contributed by atoms with Gasteiger partial charge in [0.1, 0.15) is 5.25 Å². The molecule has 0 aliphatic carbocycles. The van der Waals surface area contributed by atoms with Gasteiger partial charge in [-0.25, -0.2) is 4.98 Å². The SMILES string of the molecule is COC(=O)[C@@H](C)Sc1nc2c(c(=O)n1-c1ccc(C)cc1)SCC2. The van der Waals surface area contributed by atoms with Crippen LogP contribution in [0, 0.1) is 6.92 Å². The Hall–Kier alpha value is -1.73. The Kier molecular flexibility index (Phi) is 5.01. The Morgan fingerprint density at radius 2 is 2.08 bits per heavy atom. The summed E-state index contributed by atoms with van der Waals surface area (Å²) in [6.45, 7) is 3.75. The number of ether oxygens (including phenoxy) is 1. The molecular formula is C17H18N2O3S2. The van der Waals surface area contributed by atoms with E-state index in [0.29, 0.717) is 10.1 Å². The van der Waals surface area contributed by atoms with E-state index in [-0.39, 0.29) is 11.5 Å². The maximum Gasteiger partial charge on any atom is 0.318 e. The lowest BCUT2D eigenvalue weighted by Gasteiger charge is -2.16. The molecule has 1 aliphatic heterocycles. The first-order chi connectivity index (χ1) is 11.5. The number of carbonyl (C=O) groups is 1. The molecule has 1 atom stereocenters. The largest absolute Gasteiger partial charge is 0.468 e. The summed E-state index contributed by atoms with van der Waals surface area (Å²) in [6.07, 6.45) is 0.782. The van der Waals surface area contributed by atoms with Gasteiger partial charge in [0.2, 0.25) is 0 Å². The third kappa shape index (κ3) is 3.23. The number of carbonyl (C=O) groups excluding carboxylic acids is 1. The van der Waals surface area contributed by atoms with E-state index in [1.165, 1.54) is 18.9 Å². The average Bonchev–Trinajstić information content (AvgIpc) is 3.04. The summed E-state index contributed by atoms with van der Waals surface area (Å²) in [4.78, 5) is 30.1. The molecule has 24 heavy (non-hydrogen) atoms. The normalized spacial score (nSPS) is 14.3. The van der Waals surface area contributed by atoms with Crippen molar-refractivity contribution in [3.05, 3.63) is 45.9 Å². The molecule has 0 saturated carbocycles. The number of nitrogens with zero attached hydrogens (tertiary/aromatic N) is 2. The fraction of sp³-hybridized carbons (Fsp3) is 0.353. The van der Waals surface area contributed by atoms with Crippen LogP contribution in [0.25, 0.3) is 5.69 Å². The molecule has 0 unspecified atom stereocenters. The second-order valence-corrected chi connectivity index (χ2v) is 7.94. The van der Waals surface area contributed by atoms with Crippen molar-refractivity contribution in [3.8, 4) is 5.69 Å². The van der Waals surface area contributed by atoms with Gasteiger partial charge in [0, 0.05) is 12.2 Å². The molecule has 7 heteroatoms. The Morgan fingerprint density at radius 3 is 2.75 bits per heavy atom. The molecule has 0 amide bonds. The van der Waals surface area contributed by atoms with Crippen LogP contribution in [0.3, 0.4) is 0 Å². The summed E-state index contributed by atoms with van der Waals surface area (Å²) in [7, 11) is 1.36. The fourth-order valence-electron chi connectivity index (χ4n) is 2.47. The Bertz CT molecular complexity index is 831. The lowest BCUT2D eigenvalue weighted by Crippen LogP contribution is -2.25. The molecule has 1 aliphatic rings. The zero-order valence-corrected chi connectivity index (χ0v) is 15.4. The molecule has 0 fully saturated rings. The number of hydrogen-bond acceptors (Lipinski definition) is 6. The number of thioether (sulfide) groups is 2. The maximum absolute atomic E-state index is 13.0. The monoisotopic (exact) mass is 362 g/mol. The van der Waals surface area contributed by atoms with E-state index in [1.54, 1.807) is 23.3 Å². The van der Waals surface area contributed by atoms with Crippen molar-refractivity contribution in [1.29, 1.82) is 0 Å². The van der Waals surface area contributed by atoms with Gasteiger partial charge in [0.25, 0.3) is 5.56 Å². The van der Waals surface area contributed by atoms with Crippen molar-refractivity contribution in [2.24, 2.45) is 0 Å². The van der Waals surface area contributed by atoms with Crippen LogP contribution < -0.4 is 5.56 Å². The standard InChI is InChI=1S/C17H18N2O3S2/c1-10-4-6-12(7-5-10)19-15(20)14-13(8-9-23-14)18-17(19)24-11(2)16(21)22-3/h4-7,11H,8-9H2,1-3H3/t11-/m1/s1. The molecule has 0 saturated heterocycles. The van der Waals surface area contributed by atoms with Crippen LogP contribution in [0.4, 0.5) is 0 Å². The summed E-state index contributed by atoms with van der Waals surface area (Å²) in [5.41, 5.74) is 2.64. The van der Waals surface area contributed by atoms with E-state index in [2.05, 4.69) is 4.98 Å². The van der Waals surface area contributed by atoms with Crippen LogP contribution in [0.1, 0.15) is 18.2 Å². The summed E-state index contributed by atoms with van der Waals surface area (Å²) >= 11 is 2.80. The second kappa shape index (κ2) is 7.03. The Morgan fingerprint density at radius 1 is 1.38 bits per heavy atom. The summed E-state index contributed by atoms with van der Waals surface area (Å²) < 4.78 is 6.39. The van der Waals surface area contributed by atoms with E-state index in [0.717, 1.165) is 29.1 Å². The zero-order valence-electron chi connectivity index (χ0n) is 13.7. The fourth-order valence-corrected chi connectivity index (χ4v) is 4.46. The third-order valence-electron chi connectivity index (χ3n) is 3.77. The molecule has 2 heterocycles. The number of methoxy groups -OCH3 is 1. The van der Waals surface area contributed by atoms with Gasteiger partial charge in [-0.05, 0) is 26.0 Å². The number of esters is 1. The van der Waals surface area contributed by atoms with Gasteiger partial charge in [0.15, 0.2) is 5.16 Å². The van der Waals surface area contributed by atoms with Gasteiger partial charge in [-0.2, -0.15) is 0 Å². The predicted octanol–water partition coefficient (Wildman–Crippen LogP) is 2.84. The lowest BCUT2D eigenvalue weighted by molar-refractivity contribution is -0.139. The van der Waals surface area contributed by atoms with Gasteiger partial charge < -0.3 is 4.74 Å². The number of fused-ring (bicyclic) bond motifs is 1. The first kappa shape index (κ1) is 17.1. The highest BCUT2D eigenvalue weighted by Gasteiger charge is 2.25. The molecule has 0 bridgehead atoms. The highest BCUT2D eigenvalue weighted by Crippen LogP contribution is 2.31. The van der Waals surface area contributed by atoms with Crippen LogP contribution >= 0.6 is 23.5 Å². The van der Waals surface area contributed by atoms with Gasteiger partial charge in [-0.3, -0.25) is 14.2 Å². The van der Waals surface area contributed by atoms with Gasteiger partial charge in [-0.1, -0.05) is 29.5 Å². The van der Waals surface area contributed by atoms with Crippen molar-refractivity contribution >= 4 is 29.5 Å². The smallest absolute Gasteiger partial charge is 0.318 e.